The molecule has 1 unspecified atom stereocenters. The fourth-order valence-corrected chi connectivity index (χ4v) is 2.21. The van der Waals surface area contributed by atoms with Crippen LogP contribution in [0, 0.1) is 5.82 Å². The second-order valence-corrected chi connectivity index (χ2v) is 4.90. The smallest absolute Gasteiger partial charge is 0.230 e. The molecule has 0 spiro atoms. The van der Waals surface area contributed by atoms with E-state index in [0.717, 1.165) is 0 Å². The zero-order valence-electron chi connectivity index (χ0n) is 9.78. The van der Waals surface area contributed by atoms with Crippen molar-refractivity contribution < 1.29 is 9.18 Å². The third-order valence-electron chi connectivity index (χ3n) is 2.25. The fraction of sp³-hybridized carbons (Fsp3) is 0.308. The monoisotopic (exact) mass is 253 g/mol. The molecule has 92 valence electrons. The first-order valence-corrected chi connectivity index (χ1v) is 6.43. The summed E-state index contributed by atoms with van der Waals surface area (Å²) < 4.78 is 13.4. The molecule has 0 fully saturated rings. The minimum atomic E-state index is -0.223. The molecular weight excluding hydrogens is 237 g/mol. The minimum absolute atomic E-state index is 0.0364. The SMILES string of the molecule is C=CCNC(=O)CSC(C)c1ccccc1F. The van der Waals surface area contributed by atoms with E-state index >= 15 is 0 Å². The van der Waals surface area contributed by atoms with Gasteiger partial charge in [-0.15, -0.1) is 18.3 Å². The summed E-state index contributed by atoms with van der Waals surface area (Å²) in [5.41, 5.74) is 0.633. The van der Waals surface area contributed by atoms with Crippen molar-refractivity contribution in [3.63, 3.8) is 0 Å². The molecule has 1 aromatic rings. The van der Waals surface area contributed by atoms with Crippen molar-refractivity contribution in [1.29, 1.82) is 0 Å². The topological polar surface area (TPSA) is 29.1 Å². The highest BCUT2D eigenvalue weighted by atomic mass is 32.2. The highest BCUT2D eigenvalue weighted by molar-refractivity contribution is 8.00. The normalized spacial score (nSPS) is 11.9. The molecule has 1 rings (SSSR count). The lowest BCUT2D eigenvalue weighted by Gasteiger charge is -2.12. The summed E-state index contributed by atoms with van der Waals surface area (Å²) in [5, 5.41) is 2.65. The Hall–Kier alpha value is -1.29. The molecule has 0 aliphatic heterocycles. The van der Waals surface area contributed by atoms with E-state index in [2.05, 4.69) is 11.9 Å². The molecule has 0 saturated carbocycles. The average Bonchev–Trinajstić information content (AvgIpc) is 2.34. The second-order valence-electron chi connectivity index (χ2n) is 3.57. The maximum Gasteiger partial charge on any atom is 0.230 e. The van der Waals surface area contributed by atoms with Crippen LogP contribution in [0.5, 0.6) is 0 Å². The van der Waals surface area contributed by atoms with Crippen molar-refractivity contribution in [3.05, 3.63) is 48.3 Å². The zero-order chi connectivity index (χ0) is 12.7. The molecule has 2 nitrogen and oxygen atoms in total. The standard InChI is InChI=1S/C13H16FNOS/c1-3-8-15-13(16)9-17-10(2)11-6-4-5-7-12(11)14/h3-7,10H,1,8-9H2,2H3,(H,15,16). The summed E-state index contributed by atoms with van der Waals surface area (Å²) in [7, 11) is 0. The van der Waals surface area contributed by atoms with Crippen LogP contribution in [0.1, 0.15) is 17.7 Å². The first-order chi connectivity index (χ1) is 8.15. The molecule has 4 heteroatoms. The van der Waals surface area contributed by atoms with Crippen molar-refractivity contribution in [2.24, 2.45) is 0 Å². The van der Waals surface area contributed by atoms with Crippen LogP contribution in [0.4, 0.5) is 4.39 Å². The van der Waals surface area contributed by atoms with E-state index in [1.807, 2.05) is 6.92 Å². The second kappa shape index (κ2) is 7.12. The maximum atomic E-state index is 13.4. The Morgan fingerprint density at radius 3 is 2.94 bits per heavy atom. The van der Waals surface area contributed by atoms with Crippen molar-refractivity contribution in [2.75, 3.05) is 12.3 Å². The van der Waals surface area contributed by atoms with Crippen molar-refractivity contribution in [2.45, 2.75) is 12.2 Å². The number of amides is 1. The molecular formula is C13H16FNOS. The summed E-state index contributed by atoms with van der Waals surface area (Å²) in [4.78, 5) is 11.3. The summed E-state index contributed by atoms with van der Waals surface area (Å²) in [6, 6.07) is 6.64. The first kappa shape index (κ1) is 13.8. The third kappa shape index (κ3) is 4.61. The highest BCUT2D eigenvalue weighted by Crippen LogP contribution is 2.29. The number of hydrogen-bond donors (Lipinski definition) is 1. The van der Waals surface area contributed by atoms with Gasteiger partial charge in [-0.1, -0.05) is 24.3 Å². The molecule has 0 aliphatic carbocycles. The molecule has 0 radical (unpaired) electrons. The number of benzene rings is 1. The molecule has 0 aromatic heterocycles. The van der Waals surface area contributed by atoms with Crippen molar-refractivity contribution >= 4 is 17.7 Å². The van der Waals surface area contributed by atoms with Crippen molar-refractivity contribution in [3.8, 4) is 0 Å². The molecule has 0 heterocycles. The number of halogens is 1. The van der Waals surface area contributed by atoms with Crippen LogP contribution in [-0.2, 0) is 4.79 Å². The van der Waals surface area contributed by atoms with E-state index in [0.29, 0.717) is 17.9 Å². The van der Waals surface area contributed by atoms with Gasteiger partial charge >= 0.3 is 0 Å². The van der Waals surface area contributed by atoms with Crippen LogP contribution in [-0.4, -0.2) is 18.2 Å². The van der Waals surface area contributed by atoms with Gasteiger partial charge in [0.15, 0.2) is 0 Å². The molecule has 1 atom stereocenters. The van der Waals surface area contributed by atoms with Gasteiger partial charge < -0.3 is 5.32 Å². The molecule has 17 heavy (non-hydrogen) atoms. The van der Waals surface area contributed by atoms with Gasteiger partial charge in [0.2, 0.25) is 5.91 Å². The lowest BCUT2D eigenvalue weighted by Crippen LogP contribution is -2.25. The molecule has 1 aromatic carbocycles. The number of thioether (sulfide) groups is 1. The van der Waals surface area contributed by atoms with Gasteiger partial charge in [0.25, 0.3) is 0 Å². The van der Waals surface area contributed by atoms with E-state index in [4.69, 9.17) is 0 Å². The predicted molar refractivity (Wildman–Crippen MR) is 70.5 cm³/mol. The van der Waals surface area contributed by atoms with E-state index in [-0.39, 0.29) is 17.0 Å². The van der Waals surface area contributed by atoms with E-state index in [1.54, 1.807) is 24.3 Å². The maximum absolute atomic E-state index is 13.4. The number of carbonyl (C=O) groups excluding carboxylic acids is 1. The highest BCUT2D eigenvalue weighted by Gasteiger charge is 2.12. The Kier molecular flexibility index (Phi) is 5.77. The van der Waals surface area contributed by atoms with Gasteiger partial charge in [0.05, 0.1) is 5.75 Å². The first-order valence-electron chi connectivity index (χ1n) is 5.38. The van der Waals surface area contributed by atoms with Gasteiger partial charge in [-0.25, -0.2) is 4.39 Å². The van der Waals surface area contributed by atoms with E-state index in [1.165, 1.54) is 17.8 Å². The number of hydrogen-bond acceptors (Lipinski definition) is 2. The molecule has 0 saturated heterocycles. The minimum Gasteiger partial charge on any atom is -0.352 e. The third-order valence-corrected chi connectivity index (χ3v) is 3.43. The lowest BCUT2D eigenvalue weighted by molar-refractivity contribution is -0.118. The number of carbonyl (C=O) groups is 1. The van der Waals surface area contributed by atoms with Crippen LogP contribution in [0.2, 0.25) is 0 Å². The summed E-state index contributed by atoms with van der Waals surface area (Å²) in [6.45, 7) is 5.87. The number of rotatable bonds is 6. The largest absolute Gasteiger partial charge is 0.352 e. The van der Waals surface area contributed by atoms with Gasteiger partial charge in [0, 0.05) is 17.4 Å². The predicted octanol–water partition coefficient (Wildman–Crippen LogP) is 2.92. The van der Waals surface area contributed by atoms with Crippen LogP contribution >= 0.6 is 11.8 Å². The molecule has 1 N–H and O–H groups in total. The van der Waals surface area contributed by atoms with Crippen LogP contribution in [0.3, 0.4) is 0 Å². The van der Waals surface area contributed by atoms with Gasteiger partial charge in [-0.05, 0) is 13.0 Å². The van der Waals surface area contributed by atoms with Crippen LogP contribution in [0.25, 0.3) is 0 Å². The van der Waals surface area contributed by atoms with E-state index < -0.39 is 0 Å². The Balaban J connectivity index is 2.45. The molecule has 0 aliphatic rings. The van der Waals surface area contributed by atoms with Gasteiger partial charge in [-0.3, -0.25) is 4.79 Å². The summed E-state index contributed by atoms with van der Waals surface area (Å²) in [6.07, 6.45) is 1.63. The fourth-order valence-electron chi connectivity index (χ4n) is 1.33. The quantitative estimate of drug-likeness (QED) is 0.790. The van der Waals surface area contributed by atoms with Crippen molar-refractivity contribution in [1.82, 2.24) is 5.32 Å². The van der Waals surface area contributed by atoms with Crippen LogP contribution in [0.15, 0.2) is 36.9 Å². The molecule has 1 amide bonds. The van der Waals surface area contributed by atoms with Crippen LogP contribution < -0.4 is 5.32 Å². The zero-order valence-corrected chi connectivity index (χ0v) is 10.6. The Morgan fingerprint density at radius 2 is 2.29 bits per heavy atom. The van der Waals surface area contributed by atoms with Gasteiger partial charge in [-0.2, -0.15) is 0 Å². The summed E-state index contributed by atoms with van der Waals surface area (Å²) in [5.74, 6) is 0.0423. The Bertz CT molecular complexity index is 395. The summed E-state index contributed by atoms with van der Waals surface area (Å²) >= 11 is 1.42. The Labute approximate surface area is 105 Å². The lowest BCUT2D eigenvalue weighted by atomic mass is 10.1. The Morgan fingerprint density at radius 1 is 1.59 bits per heavy atom. The number of nitrogens with one attached hydrogen (secondary N) is 1. The average molecular weight is 253 g/mol. The van der Waals surface area contributed by atoms with Gasteiger partial charge in [0.1, 0.15) is 5.82 Å². The molecule has 0 bridgehead atoms. The van der Waals surface area contributed by atoms with E-state index in [9.17, 15) is 9.18 Å².